The first-order chi connectivity index (χ1) is 21.3. The zero-order valence-electron chi connectivity index (χ0n) is 24.6. The van der Waals surface area contributed by atoms with Crippen molar-refractivity contribution in [3.05, 3.63) is 100 Å². The van der Waals surface area contributed by atoms with Crippen LogP contribution in [0, 0.1) is 13.8 Å². The summed E-state index contributed by atoms with van der Waals surface area (Å²) in [6.45, 7) is 4.39. The maximum absolute atomic E-state index is 11.2. The fraction of sp³-hybridized carbons (Fsp3) is 0.267. The van der Waals surface area contributed by atoms with Crippen LogP contribution in [0.4, 0.5) is 5.69 Å². The number of anilines is 1. The molecule has 3 N–H and O–H groups in total. The SMILES string of the molecule is Cc1nnnn1N=Cc1ccc(O)c(C(c2cccc(N(C)CCCCO)c2)c2cc(C=Nn3nnnc3C)ccc2O)c1. The van der Waals surface area contributed by atoms with E-state index in [2.05, 4.69) is 46.2 Å². The van der Waals surface area contributed by atoms with Gasteiger partial charge in [0.25, 0.3) is 0 Å². The fourth-order valence-electron chi connectivity index (χ4n) is 4.74. The third-order valence-electron chi connectivity index (χ3n) is 7.11. The molecule has 0 radical (unpaired) electrons. The van der Waals surface area contributed by atoms with E-state index < -0.39 is 5.92 Å². The Morgan fingerprint density at radius 2 is 1.36 bits per heavy atom. The predicted molar refractivity (Wildman–Crippen MR) is 164 cm³/mol. The molecule has 14 heteroatoms. The number of hydrogen-bond donors (Lipinski definition) is 3. The molecule has 0 unspecified atom stereocenters. The van der Waals surface area contributed by atoms with Gasteiger partial charge in [0.05, 0.1) is 12.4 Å². The monoisotopic (exact) mass is 595 g/mol. The van der Waals surface area contributed by atoms with Gasteiger partial charge in [0.2, 0.25) is 0 Å². The van der Waals surface area contributed by atoms with Crippen molar-refractivity contribution in [3.63, 3.8) is 0 Å². The van der Waals surface area contributed by atoms with Crippen LogP contribution in [0.1, 0.15) is 58.2 Å². The highest BCUT2D eigenvalue weighted by Crippen LogP contribution is 2.42. The van der Waals surface area contributed by atoms with Crippen LogP contribution in [0.25, 0.3) is 0 Å². The number of benzene rings is 3. The molecule has 0 atom stereocenters. The number of aromatic hydroxyl groups is 2. The zero-order chi connectivity index (χ0) is 31.1. The Kier molecular flexibility index (Phi) is 9.30. The summed E-state index contributed by atoms with van der Waals surface area (Å²) in [5.74, 6) is 0.578. The maximum atomic E-state index is 11.2. The standard InChI is InChI=1S/C30H33N11O3/c1-20-33-35-37-40(20)31-18-22-9-11-28(43)26(15-22)30(24-7-6-8-25(17-24)39(3)13-4-5-14-42)27-16-23(10-12-29(27)44)19-32-41-21(2)34-36-38-41/h6-12,15-19,30,42-44H,4-5,13-14H2,1-3H3. The Hall–Kier alpha value is -5.50. The number of tetrazole rings is 2. The van der Waals surface area contributed by atoms with E-state index in [-0.39, 0.29) is 18.1 Å². The van der Waals surface area contributed by atoms with Gasteiger partial charge in [0.1, 0.15) is 11.5 Å². The van der Waals surface area contributed by atoms with Crippen molar-refractivity contribution in [2.24, 2.45) is 10.2 Å². The molecule has 2 aromatic heterocycles. The molecule has 0 aliphatic heterocycles. The van der Waals surface area contributed by atoms with Crippen molar-refractivity contribution in [1.29, 1.82) is 0 Å². The largest absolute Gasteiger partial charge is 0.508 e. The van der Waals surface area contributed by atoms with E-state index in [4.69, 9.17) is 0 Å². The van der Waals surface area contributed by atoms with Crippen molar-refractivity contribution in [2.75, 3.05) is 25.1 Å². The summed E-state index contributed by atoms with van der Waals surface area (Å²) in [4.78, 5) is 4.73. The van der Waals surface area contributed by atoms with E-state index in [0.29, 0.717) is 40.3 Å². The summed E-state index contributed by atoms with van der Waals surface area (Å²) in [6.07, 6.45) is 4.76. The second-order valence-electron chi connectivity index (χ2n) is 10.2. The van der Waals surface area contributed by atoms with Crippen molar-refractivity contribution in [1.82, 2.24) is 40.6 Å². The van der Waals surface area contributed by atoms with E-state index >= 15 is 0 Å². The summed E-state index contributed by atoms with van der Waals surface area (Å²) in [5.41, 5.74) is 4.31. The first-order valence-corrected chi connectivity index (χ1v) is 14.0. The van der Waals surface area contributed by atoms with E-state index in [9.17, 15) is 15.3 Å². The van der Waals surface area contributed by atoms with Gasteiger partial charge in [0, 0.05) is 42.9 Å². The molecule has 14 nitrogen and oxygen atoms in total. The normalized spacial score (nSPS) is 12.4. The van der Waals surface area contributed by atoms with E-state index in [1.54, 1.807) is 50.5 Å². The smallest absolute Gasteiger partial charge is 0.173 e. The summed E-state index contributed by atoms with van der Waals surface area (Å²) in [6, 6.07) is 18.3. The number of aliphatic hydroxyl groups is 1. The second-order valence-corrected chi connectivity index (χ2v) is 10.2. The van der Waals surface area contributed by atoms with Gasteiger partial charge in [-0.05, 0) is 113 Å². The minimum Gasteiger partial charge on any atom is -0.508 e. The highest BCUT2D eigenvalue weighted by atomic mass is 16.3. The minimum absolute atomic E-state index is 0.0511. The third kappa shape index (κ3) is 6.93. The first-order valence-electron chi connectivity index (χ1n) is 14.0. The summed E-state index contributed by atoms with van der Waals surface area (Å²) < 4.78 is 0. The summed E-state index contributed by atoms with van der Waals surface area (Å²) in [7, 11) is 2.00. The Labute approximate surface area is 253 Å². The molecule has 0 saturated heterocycles. The fourth-order valence-corrected chi connectivity index (χ4v) is 4.74. The van der Waals surface area contributed by atoms with Crippen molar-refractivity contribution in [2.45, 2.75) is 32.6 Å². The van der Waals surface area contributed by atoms with Gasteiger partial charge < -0.3 is 20.2 Å². The van der Waals surface area contributed by atoms with Crippen LogP contribution in [0.15, 0.2) is 70.9 Å². The van der Waals surface area contributed by atoms with Crippen molar-refractivity contribution >= 4 is 18.1 Å². The molecule has 226 valence electrons. The van der Waals surface area contributed by atoms with Crippen molar-refractivity contribution < 1.29 is 15.3 Å². The lowest BCUT2D eigenvalue weighted by Crippen LogP contribution is -2.19. The number of phenolic OH excluding ortho intramolecular Hbond substituents is 2. The molecule has 0 saturated carbocycles. The predicted octanol–water partition coefficient (Wildman–Crippen LogP) is 2.84. The lowest BCUT2D eigenvalue weighted by molar-refractivity contribution is 0.285. The molecule has 5 rings (SSSR count). The maximum Gasteiger partial charge on any atom is 0.173 e. The second kappa shape index (κ2) is 13.6. The van der Waals surface area contributed by atoms with Gasteiger partial charge in [-0.1, -0.05) is 12.1 Å². The first kappa shape index (κ1) is 30.0. The molecule has 5 aromatic rings. The molecule has 2 heterocycles. The number of aromatic nitrogens is 8. The molecule has 0 aliphatic carbocycles. The zero-order valence-corrected chi connectivity index (χ0v) is 24.6. The molecular weight excluding hydrogens is 562 g/mol. The van der Waals surface area contributed by atoms with Crippen LogP contribution in [0.5, 0.6) is 11.5 Å². The number of nitrogens with zero attached hydrogens (tertiary/aromatic N) is 11. The van der Waals surface area contributed by atoms with Crippen LogP contribution in [-0.2, 0) is 0 Å². The average molecular weight is 596 g/mol. The lowest BCUT2D eigenvalue weighted by atomic mass is 9.82. The summed E-state index contributed by atoms with van der Waals surface area (Å²) >= 11 is 0. The molecule has 3 aromatic carbocycles. The molecular formula is C30H33N11O3. The Balaban J connectivity index is 1.60. The molecule has 0 spiro atoms. The number of aliphatic hydroxyl groups excluding tert-OH is 1. The van der Waals surface area contributed by atoms with E-state index in [1.807, 2.05) is 43.4 Å². The van der Waals surface area contributed by atoms with Crippen LogP contribution < -0.4 is 4.90 Å². The highest BCUT2D eigenvalue weighted by molar-refractivity contribution is 5.82. The van der Waals surface area contributed by atoms with Gasteiger partial charge >= 0.3 is 0 Å². The quantitative estimate of drug-likeness (QED) is 0.110. The molecule has 0 bridgehead atoms. The number of aryl methyl sites for hydroxylation is 2. The van der Waals surface area contributed by atoms with Gasteiger partial charge in [-0.2, -0.15) is 10.2 Å². The topological polar surface area (TPSA) is 176 Å². The number of phenols is 2. The van der Waals surface area contributed by atoms with Crippen LogP contribution in [0.2, 0.25) is 0 Å². The highest BCUT2D eigenvalue weighted by Gasteiger charge is 2.24. The Bertz CT molecular complexity index is 1680. The Morgan fingerprint density at radius 1 is 0.795 bits per heavy atom. The summed E-state index contributed by atoms with van der Waals surface area (Å²) in [5, 5.41) is 62.9. The molecule has 0 amide bonds. The molecule has 0 aliphatic rings. The minimum atomic E-state index is -0.577. The Morgan fingerprint density at radius 3 is 1.86 bits per heavy atom. The van der Waals surface area contributed by atoms with Crippen LogP contribution >= 0.6 is 0 Å². The van der Waals surface area contributed by atoms with Crippen LogP contribution in [0.3, 0.4) is 0 Å². The van der Waals surface area contributed by atoms with Gasteiger partial charge in [0.15, 0.2) is 11.6 Å². The van der Waals surface area contributed by atoms with Crippen molar-refractivity contribution in [3.8, 4) is 11.5 Å². The molecule has 44 heavy (non-hydrogen) atoms. The average Bonchev–Trinajstić information content (AvgIpc) is 3.64. The third-order valence-corrected chi connectivity index (χ3v) is 7.11. The van der Waals surface area contributed by atoms with Crippen LogP contribution in [-0.4, -0.2) is 88.6 Å². The van der Waals surface area contributed by atoms with E-state index in [1.165, 1.54) is 9.58 Å². The molecule has 0 fully saturated rings. The van der Waals surface area contributed by atoms with Gasteiger partial charge in [-0.25, -0.2) is 0 Å². The lowest BCUT2D eigenvalue weighted by Gasteiger charge is -2.25. The van der Waals surface area contributed by atoms with E-state index in [0.717, 1.165) is 24.2 Å². The number of rotatable bonds is 12. The number of unbranched alkanes of at least 4 members (excludes halogenated alkanes) is 1. The number of hydrogen-bond acceptors (Lipinski definition) is 12. The van der Waals surface area contributed by atoms with Gasteiger partial charge in [-0.15, -0.1) is 19.8 Å². The van der Waals surface area contributed by atoms with Gasteiger partial charge in [-0.3, -0.25) is 0 Å².